The molecule has 1 aromatic carbocycles. The minimum atomic E-state index is 1.13. The quantitative estimate of drug-likeness (QED) is 0.637. The van der Waals surface area contributed by atoms with E-state index in [1.165, 1.54) is 5.75 Å². The second-order valence-electron chi connectivity index (χ2n) is 2.05. The normalized spacial score (nSPS) is 13.8. The van der Waals surface area contributed by atoms with Crippen LogP contribution in [-0.2, 0) is 0 Å². The van der Waals surface area contributed by atoms with E-state index in [0.29, 0.717) is 0 Å². The summed E-state index contributed by atoms with van der Waals surface area (Å²) in [6, 6.07) is 9.97. The van der Waals surface area contributed by atoms with Gasteiger partial charge in [-0.1, -0.05) is 61.8 Å². The molecule has 1 aromatic rings. The number of hydrogen-bond donors (Lipinski definition) is 0. The van der Waals surface area contributed by atoms with E-state index in [9.17, 15) is 0 Å². The summed E-state index contributed by atoms with van der Waals surface area (Å²) >= 11 is 3.31. The highest BCUT2D eigenvalue weighted by atomic mass is 79.9. The Bertz CT molecular complexity index is 228. The Hall–Kier alpha value is 0.140. The Balaban J connectivity index is 0.000000127. The smallest absolute Gasteiger partial charge is 0.0229 e. The first kappa shape index (κ1) is 10.2. The standard InChI is InChI=1S/C6H5Br.C3H4S2/c7-6-4-2-1-3-5-6;1-2-4-5-3-1/h1-5H;1-2H,3H2. The van der Waals surface area contributed by atoms with E-state index in [-0.39, 0.29) is 0 Å². The first-order valence-electron chi connectivity index (χ1n) is 3.53. The highest BCUT2D eigenvalue weighted by Crippen LogP contribution is 2.27. The van der Waals surface area contributed by atoms with Crippen LogP contribution in [0.2, 0.25) is 0 Å². The van der Waals surface area contributed by atoms with Crippen LogP contribution in [0.3, 0.4) is 0 Å². The van der Waals surface area contributed by atoms with Gasteiger partial charge >= 0.3 is 0 Å². The van der Waals surface area contributed by atoms with E-state index < -0.39 is 0 Å². The summed E-state index contributed by atoms with van der Waals surface area (Å²) in [4.78, 5) is 0. The second-order valence-corrected chi connectivity index (χ2v) is 5.28. The zero-order valence-electron chi connectivity index (χ0n) is 6.44. The third-order valence-electron chi connectivity index (χ3n) is 1.12. The number of hydrogen-bond acceptors (Lipinski definition) is 2. The zero-order valence-corrected chi connectivity index (χ0v) is 9.66. The molecule has 0 bridgehead atoms. The molecular weight excluding hydrogens is 252 g/mol. The summed E-state index contributed by atoms with van der Waals surface area (Å²) in [6.07, 6.45) is 2.16. The van der Waals surface area contributed by atoms with Crippen LogP contribution in [-0.4, -0.2) is 5.75 Å². The summed E-state index contributed by atoms with van der Waals surface area (Å²) in [5, 5.41) is 2.12. The van der Waals surface area contributed by atoms with Gasteiger partial charge < -0.3 is 0 Å². The Morgan fingerprint density at radius 1 is 1.17 bits per heavy atom. The lowest BCUT2D eigenvalue weighted by Gasteiger charge is -1.80. The maximum absolute atomic E-state index is 3.31. The summed E-state index contributed by atoms with van der Waals surface area (Å²) in [5.74, 6) is 1.20. The molecule has 1 aliphatic rings. The zero-order chi connectivity index (χ0) is 8.65. The summed E-state index contributed by atoms with van der Waals surface area (Å²) in [5.41, 5.74) is 0. The van der Waals surface area contributed by atoms with Gasteiger partial charge in [-0.3, -0.25) is 0 Å². The highest BCUT2D eigenvalue weighted by molar-refractivity contribution is 9.10. The summed E-state index contributed by atoms with van der Waals surface area (Å²) in [6.45, 7) is 0. The van der Waals surface area contributed by atoms with Gasteiger partial charge in [-0.15, -0.1) is 0 Å². The van der Waals surface area contributed by atoms with Crippen LogP contribution in [0.1, 0.15) is 0 Å². The van der Waals surface area contributed by atoms with Crippen molar-refractivity contribution in [3.05, 3.63) is 46.3 Å². The van der Waals surface area contributed by atoms with Gasteiger partial charge in [-0.2, -0.15) is 0 Å². The molecule has 0 N–H and O–H groups in total. The lowest BCUT2D eigenvalue weighted by Crippen LogP contribution is -1.55. The number of benzene rings is 1. The van der Waals surface area contributed by atoms with Crippen molar-refractivity contribution in [2.75, 3.05) is 5.75 Å². The van der Waals surface area contributed by atoms with Crippen molar-refractivity contribution in [1.82, 2.24) is 0 Å². The molecule has 2 rings (SSSR count). The van der Waals surface area contributed by atoms with Gasteiger partial charge in [0.25, 0.3) is 0 Å². The number of halogens is 1. The van der Waals surface area contributed by atoms with Crippen LogP contribution in [0.4, 0.5) is 0 Å². The van der Waals surface area contributed by atoms with Crippen LogP contribution in [0.15, 0.2) is 46.3 Å². The molecule has 0 aromatic heterocycles. The number of rotatable bonds is 0. The van der Waals surface area contributed by atoms with Crippen LogP contribution in [0, 0.1) is 0 Å². The molecule has 1 heterocycles. The Labute approximate surface area is 89.4 Å². The first-order valence-corrected chi connectivity index (χ1v) is 6.71. The molecule has 0 saturated carbocycles. The molecule has 64 valence electrons. The minimum absolute atomic E-state index is 1.13. The van der Waals surface area contributed by atoms with Gasteiger partial charge in [0.15, 0.2) is 0 Å². The lowest BCUT2D eigenvalue weighted by molar-refractivity contribution is 1.66. The van der Waals surface area contributed by atoms with E-state index >= 15 is 0 Å². The molecule has 12 heavy (non-hydrogen) atoms. The van der Waals surface area contributed by atoms with Crippen LogP contribution in [0.5, 0.6) is 0 Å². The Morgan fingerprint density at radius 3 is 2.17 bits per heavy atom. The van der Waals surface area contributed by atoms with E-state index in [0.717, 1.165) is 4.47 Å². The van der Waals surface area contributed by atoms with Crippen molar-refractivity contribution in [3.8, 4) is 0 Å². The van der Waals surface area contributed by atoms with Crippen molar-refractivity contribution < 1.29 is 0 Å². The van der Waals surface area contributed by atoms with Crippen LogP contribution >= 0.6 is 37.5 Å². The fourth-order valence-electron chi connectivity index (χ4n) is 0.611. The molecule has 1 aliphatic heterocycles. The molecule has 0 amide bonds. The molecule has 0 spiro atoms. The first-order chi connectivity index (χ1) is 5.89. The summed E-state index contributed by atoms with van der Waals surface area (Å²) in [7, 11) is 3.69. The third-order valence-corrected chi connectivity index (χ3v) is 3.56. The highest BCUT2D eigenvalue weighted by Gasteiger charge is 1.85. The third kappa shape index (κ3) is 4.91. The largest absolute Gasteiger partial charge is 0.0854 e. The van der Waals surface area contributed by atoms with Gasteiger partial charge in [0.2, 0.25) is 0 Å². The van der Waals surface area contributed by atoms with E-state index in [4.69, 9.17) is 0 Å². The minimum Gasteiger partial charge on any atom is -0.0854 e. The second kappa shape index (κ2) is 6.63. The average molecular weight is 261 g/mol. The fraction of sp³-hybridized carbons (Fsp3) is 0.111. The van der Waals surface area contributed by atoms with Gasteiger partial charge in [0.05, 0.1) is 0 Å². The lowest BCUT2D eigenvalue weighted by atomic mass is 10.4. The van der Waals surface area contributed by atoms with Crippen molar-refractivity contribution in [2.45, 2.75) is 0 Å². The van der Waals surface area contributed by atoms with Crippen molar-refractivity contribution in [2.24, 2.45) is 0 Å². The molecule has 0 nitrogen and oxygen atoms in total. The SMILES string of the molecule is Brc1ccccc1.C1=CSSC1. The molecule has 0 aliphatic carbocycles. The molecule has 0 fully saturated rings. The maximum Gasteiger partial charge on any atom is 0.0229 e. The van der Waals surface area contributed by atoms with Gasteiger partial charge in [-0.05, 0) is 17.5 Å². The average Bonchev–Trinajstić information content (AvgIpc) is 2.62. The predicted octanol–water partition coefficient (Wildman–Crippen LogP) is 4.34. The van der Waals surface area contributed by atoms with E-state index in [2.05, 4.69) is 27.4 Å². The van der Waals surface area contributed by atoms with Gasteiger partial charge in [-0.25, -0.2) is 0 Å². The summed E-state index contributed by atoms with van der Waals surface area (Å²) < 4.78 is 1.13. The topological polar surface area (TPSA) is 0 Å². The Morgan fingerprint density at radius 2 is 1.92 bits per heavy atom. The molecule has 3 heteroatoms. The van der Waals surface area contributed by atoms with Crippen molar-refractivity contribution in [1.29, 1.82) is 0 Å². The van der Waals surface area contributed by atoms with E-state index in [1.54, 1.807) is 0 Å². The molecular formula is C9H9BrS2. The fourth-order valence-corrected chi connectivity index (χ4v) is 2.49. The van der Waals surface area contributed by atoms with Gasteiger partial charge in [0.1, 0.15) is 0 Å². The molecule has 0 radical (unpaired) electrons. The van der Waals surface area contributed by atoms with Crippen molar-refractivity contribution in [3.63, 3.8) is 0 Å². The van der Waals surface area contributed by atoms with Gasteiger partial charge in [0, 0.05) is 10.2 Å². The molecule has 0 atom stereocenters. The monoisotopic (exact) mass is 260 g/mol. The van der Waals surface area contributed by atoms with Crippen LogP contribution < -0.4 is 0 Å². The predicted molar refractivity (Wildman–Crippen MR) is 63.3 cm³/mol. The molecule has 0 saturated heterocycles. The Kier molecular flexibility index (Phi) is 5.65. The molecule has 0 unspecified atom stereocenters. The van der Waals surface area contributed by atoms with E-state index in [1.807, 2.05) is 51.9 Å². The van der Waals surface area contributed by atoms with Crippen molar-refractivity contribution >= 4 is 37.5 Å². The maximum atomic E-state index is 3.31. The van der Waals surface area contributed by atoms with Crippen LogP contribution in [0.25, 0.3) is 0 Å².